The summed E-state index contributed by atoms with van der Waals surface area (Å²) in [5.41, 5.74) is 1.33. The SMILES string of the molecule is O=CC1OC(c2ccccc2)=N/C1=C/C(=O)c1ccc(Cl)c(Cl)c1. The number of nitrogens with zero attached hydrogens (tertiary/aromatic N) is 1. The number of ketones is 1. The van der Waals surface area contributed by atoms with E-state index in [0.29, 0.717) is 22.8 Å². The Morgan fingerprint density at radius 2 is 1.83 bits per heavy atom. The molecule has 0 N–H and O–H groups in total. The van der Waals surface area contributed by atoms with Crippen molar-refractivity contribution < 1.29 is 14.3 Å². The zero-order valence-corrected chi connectivity index (χ0v) is 13.8. The number of hydrogen-bond donors (Lipinski definition) is 0. The van der Waals surface area contributed by atoms with Crippen LogP contribution in [0.5, 0.6) is 0 Å². The highest BCUT2D eigenvalue weighted by molar-refractivity contribution is 6.42. The molecule has 1 aliphatic rings. The molecule has 0 radical (unpaired) electrons. The molecule has 0 spiro atoms. The van der Waals surface area contributed by atoms with Gasteiger partial charge in [0.1, 0.15) is 0 Å². The van der Waals surface area contributed by atoms with Gasteiger partial charge < -0.3 is 4.74 Å². The molecule has 6 heteroatoms. The second-order valence-corrected chi connectivity index (χ2v) is 5.83. The van der Waals surface area contributed by atoms with Gasteiger partial charge in [-0.25, -0.2) is 4.99 Å². The number of halogens is 2. The van der Waals surface area contributed by atoms with E-state index in [2.05, 4.69) is 4.99 Å². The number of carbonyl (C=O) groups is 2. The molecule has 24 heavy (non-hydrogen) atoms. The fourth-order valence-electron chi connectivity index (χ4n) is 2.18. The van der Waals surface area contributed by atoms with Gasteiger partial charge in [0.2, 0.25) is 5.90 Å². The molecular formula is C18H11Cl2NO3. The van der Waals surface area contributed by atoms with Crippen LogP contribution in [0.3, 0.4) is 0 Å². The van der Waals surface area contributed by atoms with E-state index in [9.17, 15) is 9.59 Å². The predicted molar refractivity (Wildman–Crippen MR) is 92.8 cm³/mol. The van der Waals surface area contributed by atoms with Crippen molar-refractivity contribution in [3.8, 4) is 0 Å². The van der Waals surface area contributed by atoms with Crippen LogP contribution in [0.15, 0.2) is 65.3 Å². The summed E-state index contributed by atoms with van der Waals surface area (Å²) in [7, 11) is 0. The van der Waals surface area contributed by atoms with Crippen LogP contribution < -0.4 is 0 Å². The normalized spacial score (nSPS) is 18.2. The first kappa shape index (κ1) is 16.4. The lowest BCUT2D eigenvalue weighted by Crippen LogP contribution is -2.14. The molecule has 0 saturated heterocycles. The van der Waals surface area contributed by atoms with Gasteiger partial charge >= 0.3 is 0 Å². The predicted octanol–water partition coefficient (Wildman–Crippen LogP) is 4.10. The molecule has 3 rings (SSSR count). The number of aldehydes is 1. The topological polar surface area (TPSA) is 55.7 Å². The highest BCUT2D eigenvalue weighted by Gasteiger charge is 2.26. The lowest BCUT2D eigenvalue weighted by molar-refractivity contribution is -0.112. The summed E-state index contributed by atoms with van der Waals surface area (Å²) >= 11 is 11.8. The minimum Gasteiger partial charge on any atom is -0.460 e. The Kier molecular flexibility index (Phi) is 4.79. The molecule has 120 valence electrons. The first-order valence-electron chi connectivity index (χ1n) is 7.05. The molecule has 0 saturated carbocycles. The number of hydrogen-bond acceptors (Lipinski definition) is 4. The van der Waals surface area contributed by atoms with Crippen LogP contribution in [0.1, 0.15) is 15.9 Å². The fraction of sp³-hybridized carbons (Fsp3) is 0.0556. The lowest BCUT2D eigenvalue weighted by atomic mass is 10.1. The largest absolute Gasteiger partial charge is 0.460 e. The molecular weight excluding hydrogens is 349 g/mol. The molecule has 2 aromatic rings. The van der Waals surface area contributed by atoms with Crippen LogP contribution in [0, 0.1) is 0 Å². The molecule has 0 fully saturated rings. The second kappa shape index (κ2) is 6.99. The van der Waals surface area contributed by atoms with Gasteiger partial charge in [0.25, 0.3) is 0 Å². The van der Waals surface area contributed by atoms with Gasteiger partial charge in [-0.15, -0.1) is 0 Å². The van der Waals surface area contributed by atoms with E-state index in [1.807, 2.05) is 30.3 Å². The van der Waals surface area contributed by atoms with Crippen molar-refractivity contribution in [1.82, 2.24) is 0 Å². The summed E-state index contributed by atoms with van der Waals surface area (Å²) in [4.78, 5) is 27.8. The lowest BCUT2D eigenvalue weighted by Gasteiger charge is -2.05. The van der Waals surface area contributed by atoms with Crippen LogP contribution in [-0.4, -0.2) is 24.1 Å². The molecule has 0 bridgehead atoms. The summed E-state index contributed by atoms with van der Waals surface area (Å²) in [5, 5.41) is 0.643. The van der Waals surface area contributed by atoms with Gasteiger partial charge in [-0.3, -0.25) is 9.59 Å². The van der Waals surface area contributed by atoms with E-state index in [0.717, 1.165) is 5.56 Å². The Hall–Kier alpha value is -2.43. The standard InChI is InChI=1S/C18H11Cl2NO3/c19-13-7-6-12(8-14(13)20)16(23)9-15-17(10-22)24-18(21-15)11-4-2-1-3-5-11/h1-10,17H/b15-9+. The van der Waals surface area contributed by atoms with E-state index in [1.54, 1.807) is 6.07 Å². The van der Waals surface area contributed by atoms with Gasteiger partial charge in [0.15, 0.2) is 18.2 Å². The van der Waals surface area contributed by atoms with Crippen LogP contribution in [0.2, 0.25) is 10.0 Å². The maximum Gasteiger partial charge on any atom is 0.222 e. The van der Waals surface area contributed by atoms with E-state index in [4.69, 9.17) is 27.9 Å². The van der Waals surface area contributed by atoms with Crippen molar-refractivity contribution in [1.29, 1.82) is 0 Å². The summed E-state index contributed by atoms with van der Waals surface area (Å²) < 4.78 is 5.50. The average Bonchev–Trinajstić information content (AvgIpc) is 3.01. The zero-order chi connectivity index (χ0) is 17.1. The minimum absolute atomic E-state index is 0.250. The van der Waals surface area contributed by atoms with Gasteiger partial charge in [0.05, 0.1) is 15.7 Å². The summed E-state index contributed by atoms with van der Waals surface area (Å²) in [6, 6.07) is 13.7. The number of benzene rings is 2. The molecule has 1 atom stereocenters. The highest BCUT2D eigenvalue weighted by atomic mass is 35.5. The van der Waals surface area contributed by atoms with Gasteiger partial charge in [-0.05, 0) is 30.3 Å². The summed E-state index contributed by atoms with van der Waals surface area (Å²) in [6.45, 7) is 0. The van der Waals surface area contributed by atoms with E-state index in [-0.39, 0.29) is 16.5 Å². The van der Waals surface area contributed by atoms with E-state index >= 15 is 0 Å². The quantitative estimate of drug-likeness (QED) is 0.469. The van der Waals surface area contributed by atoms with Crippen LogP contribution in [-0.2, 0) is 9.53 Å². The maximum absolute atomic E-state index is 12.3. The Balaban J connectivity index is 1.92. The first-order valence-corrected chi connectivity index (χ1v) is 7.81. The molecule has 1 unspecified atom stereocenters. The van der Waals surface area contributed by atoms with Crippen LogP contribution >= 0.6 is 23.2 Å². The minimum atomic E-state index is -0.910. The summed E-state index contributed by atoms with van der Waals surface area (Å²) in [5.74, 6) is -0.0297. The Morgan fingerprint density at radius 3 is 2.50 bits per heavy atom. The number of allylic oxidation sites excluding steroid dienone is 1. The highest BCUT2D eigenvalue weighted by Crippen LogP contribution is 2.24. The third kappa shape index (κ3) is 3.40. The van der Waals surface area contributed by atoms with Crippen molar-refractivity contribution >= 4 is 41.2 Å². The molecule has 1 heterocycles. The maximum atomic E-state index is 12.3. The van der Waals surface area contributed by atoms with E-state index < -0.39 is 6.10 Å². The molecule has 0 amide bonds. The van der Waals surface area contributed by atoms with Gasteiger partial charge in [0, 0.05) is 17.2 Å². The van der Waals surface area contributed by atoms with Gasteiger partial charge in [-0.1, -0.05) is 41.4 Å². The van der Waals surface area contributed by atoms with Crippen molar-refractivity contribution in [3.05, 3.63) is 81.5 Å². The average molecular weight is 360 g/mol. The van der Waals surface area contributed by atoms with Crippen molar-refractivity contribution in [3.63, 3.8) is 0 Å². The second-order valence-electron chi connectivity index (χ2n) is 5.02. The molecule has 0 aliphatic carbocycles. The third-order valence-corrected chi connectivity index (χ3v) is 4.13. The zero-order valence-electron chi connectivity index (χ0n) is 12.3. The number of ether oxygens (including phenoxy) is 1. The molecule has 1 aliphatic heterocycles. The Bertz CT molecular complexity index is 860. The van der Waals surface area contributed by atoms with E-state index in [1.165, 1.54) is 18.2 Å². The molecule has 2 aromatic carbocycles. The molecule has 0 aromatic heterocycles. The smallest absolute Gasteiger partial charge is 0.222 e. The van der Waals surface area contributed by atoms with Crippen molar-refractivity contribution in [2.24, 2.45) is 4.99 Å². The number of aliphatic imine (C=N–C) groups is 1. The van der Waals surface area contributed by atoms with Crippen molar-refractivity contribution in [2.45, 2.75) is 6.10 Å². The first-order chi connectivity index (χ1) is 11.6. The third-order valence-electron chi connectivity index (χ3n) is 3.39. The number of carbonyl (C=O) groups excluding carboxylic acids is 2. The van der Waals surface area contributed by atoms with Crippen molar-refractivity contribution in [2.75, 3.05) is 0 Å². The fourth-order valence-corrected chi connectivity index (χ4v) is 2.48. The van der Waals surface area contributed by atoms with Crippen LogP contribution in [0.4, 0.5) is 0 Å². The summed E-state index contributed by atoms with van der Waals surface area (Å²) in [6.07, 6.45) is 0.967. The monoisotopic (exact) mass is 359 g/mol. The Labute approximate surface area is 148 Å². The Morgan fingerprint density at radius 1 is 1.08 bits per heavy atom. The molecule has 4 nitrogen and oxygen atoms in total. The van der Waals surface area contributed by atoms with Gasteiger partial charge in [-0.2, -0.15) is 0 Å². The van der Waals surface area contributed by atoms with Crippen LogP contribution in [0.25, 0.3) is 0 Å². The number of rotatable bonds is 4.